The van der Waals surface area contributed by atoms with Gasteiger partial charge in [-0.25, -0.2) is 9.98 Å². The van der Waals surface area contributed by atoms with Gasteiger partial charge >= 0.3 is 0 Å². The first-order chi connectivity index (χ1) is 14.2. The van der Waals surface area contributed by atoms with Crippen molar-refractivity contribution in [2.24, 2.45) is 4.99 Å². The van der Waals surface area contributed by atoms with Gasteiger partial charge in [-0.1, -0.05) is 31.2 Å². The van der Waals surface area contributed by atoms with E-state index in [4.69, 9.17) is 4.74 Å². The number of rotatable bonds is 8. The molecule has 0 aliphatic carbocycles. The second-order valence-electron chi connectivity index (χ2n) is 6.97. The van der Waals surface area contributed by atoms with Crippen LogP contribution in [0.15, 0.2) is 47.6 Å². The zero-order valence-electron chi connectivity index (χ0n) is 17.5. The van der Waals surface area contributed by atoms with Crippen molar-refractivity contribution in [3.05, 3.63) is 53.7 Å². The van der Waals surface area contributed by atoms with Crippen LogP contribution in [0.5, 0.6) is 5.88 Å². The van der Waals surface area contributed by atoms with Crippen LogP contribution in [0, 0.1) is 0 Å². The summed E-state index contributed by atoms with van der Waals surface area (Å²) in [4.78, 5) is 21.0. The van der Waals surface area contributed by atoms with Gasteiger partial charge in [-0.15, -0.1) is 24.0 Å². The fourth-order valence-corrected chi connectivity index (χ4v) is 3.21. The highest BCUT2D eigenvalue weighted by Crippen LogP contribution is 2.31. The zero-order chi connectivity index (χ0) is 20.5. The van der Waals surface area contributed by atoms with Crippen LogP contribution in [0.25, 0.3) is 0 Å². The van der Waals surface area contributed by atoms with Crippen LogP contribution >= 0.6 is 24.0 Å². The number of aliphatic imine (C=N–C) groups is 1. The first kappa shape index (κ1) is 23.9. The molecular weight excluding hydrogens is 493 g/mol. The minimum Gasteiger partial charge on any atom is -0.478 e. The lowest BCUT2D eigenvalue weighted by molar-refractivity contribution is -0.116. The molecule has 3 N–H and O–H groups in total. The van der Waals surface area contributed by atoms with Gasteiger partial charge in [-0.05, 0) is 30.5 Å². The van der Waals surface area contributed by atoms with Gasteiger partial charge in [0.15, 0.2) is 5.96 Å². The van der Waals surface area contributed by atoms with Gasteiger partial charge < -0.3 is 20.7 Å². The molecule has 0 radical (unpaired) electrons. The number of carbonyl (C=O) groups is 1. The number of halogens is 1. The minimum atomic E-state index is 0. The molecule has 0 fully saturated rings. The summed E-state index contributed by atoms with van der Waals surface area (Å²) in [5, 5.41) is 9.57. The van der Waals surface area contributed by atoms with Crippen molar-refractivity contribution >= 4 is 41.5 Å². The molecule has 1 unspecified atom stereocenters. The van der Waals surface area contributed by atoms with Crippen LogP contribution in [-0.4, -0.2) is 36.5 Å². The molecule has 1 amide bonds. The fourth-order valence-electron chi connectivity index (χ4n) is 3.21. The molecule has 1 aliphatic rings. The summed E-state index contributed by atoms with van der Waals surface area (Å²) in [5.41, 5.74) is 3.06. The summed E-state index contributed by atoms with van der Waals surface area (Å²) in [6.07, 6.45) is 3.21. The van der Waals surface area contributed by atoms with Gasteiger partial charge in [-0.2, -0.15) is 0 Å². The molecule has 0 saturated heterocycles. The third kappa shape index (κ3) is 6.86. The highest BCUT2D eigenvalue weighted by molar-refractivity contribution is 14.0. The van der Waals surface area contributed by atoms with Crippen LogP contribution in [0.3, 0.4) is 0 Å². The third-order valence-electron chi connectivity index (χ3n) is 4.64. The highest BCUT2D eigenvalue weighted by Gasteiger charge is 2.24. The van der Waals surface area contributed by atoms with Gasteiger partial charge in [0.2, 0.25) is 11.8 Å². The van der Waals surface area contributed by atoms with Crippen molar-refractivity contribution in [1.82, 2.24) is 15.6 Å². The van der Waals surface area contributed by atoms with E-state index in [9.17, 15) is 4.79 Å². The number of nitrogens with zero attached hydrogens (tertiary/aromatic N) is 2. The van der Waals surface area contributed by atoms with E-state index in [1.54, 1.807) is 6.20 Å². The first-order valence-electron chi connectivity index (χ1n) is 10.2. The van der Waals surface area contributed by atoms with E-state index in [1.807, 2.05) is 37.3 Å². The molecule has 2 aromatic rings. The molecule has 0 spiro atoms. The number of hydrogen-bond acceptors (Lipinski definition) is 4. The molecule has 162 valence electrons. The quantitative estimate of drug-likeness (QED) is 0.279. The fraction of sp³-hybridized carbons (Fsp3) is 0.409. The van der Waals surface area contributed by atoms with Crippen LogP contribution < -0.4 is 20.7 Å². The molecule has 1 atom stereocenters. The van der Waals surface area contributed by atoms with Gasteiger partial charge in [0.05, 0.1) is 13.2 Å². The van der Waals surface area contributed by atoms with Gasteiger partial charge in [0.1, 0.15) is 0 Å². The van der Waals surface area contributed by atoms with E-state index in [-0.39, 0.29) is 35.8 Å². The van der Waals surface area contributed by atoms with Crippen molar-refractivity contribution < 1.29 is 9.53 Å². The Labute approximate surface area is 195 Å². The number of nitrogens with one attached hydrogen (secondary N) is 3. The Morgan fingerprint density at radius 2 is 2.07 bits per heavy atom. The predicted octanol–water partition coefficient (Wildman–Crippen LogP) is 3.67. The number of amides is 1. The second-order valence-corrected chi connectivity index (χ2v) is 6.97. The van der Waals surface area contributed by atoms with Crippen molar-refractivity contribution in [3.8, 4) is 5.88 Å². The summed E-state index contributed by atoms with van der Waals surface area (Å²) < 4.78 is 5.51. The third-order valence-corrected chi connectivity index (χ3v) is 4.64. The van der Waals surface area contributed by atoms with Crippen molar-refractivity contribution in [3.63, 3.8) is 0 Å². The van der Waals surface area contributed by atoms with E-state index in [1.165, 1.54) is 0 Å². The smallest absolute Gasteiger partial charge is 0.225 e. The Morgan fingerprint density at radius 1 is 1.23 bits per heavy atom. The van der Waals surface area contributed by atoms with Gasteiger partial charge in [0.25, 0.3) is 0 Å². The lowest BCUT2D eigenvalue weighted by Gasteiger charge is -2.26. The predicted molar refractivity (Wildman–Crippen MR) is 131 cm³/mol. The number of fused-ring (bicyclic) bond motifs is 1. The number of aromatic nitrogens is 1. The molecule has 0 saturated carbocycles. The maximum atomic E-state index is 12.0. The number of anilines is 1. The summed E-state index contributed by atoms with van der Waals surface area (Å²) in [7, 11) is 0. The minimum absolute atomic E-state index is 0. The molecule has 3 rings (SSSR count). The maximum absolute atomic E-state index is 12.0. The number of carbonyl (C=O) groups excluding carboxylic acids is 1. The first-order valence-corrected chi connectivity index (χ1v) is 10.2. The number of guanidine groups is 1. The van der Waals surface area contributed by atoms with Crippen LogP contribution in [0.2, 0.25) is 0 Å². The number of ether oxygens (including phenoxy) is 1. The summed E-state index contributed by atoms with van der Waals surface area (Å²) in [6, 6.07) is 11.8. The monoisotopic (exact) mass is 523 g/mol. The molecule has 1 aliphatic heterocycles. The van der Waals surface area contributed by atoms with E-state index in [0.29, 0.717) is 32.0 Å². The average Bonchev–Trinajstić information content (AvgIpc) is 2.74. The standard InChI is InChI=1S/C22H29N5O2.HI/c1-3-11-29-21-10-9-16(13-24-21)14-25-22(23-4-2)26-15-17-12-20(28)27-19-8-6-5-7-18(17)19;/h5-10,13,17H,3-4,11-12,14-15H2,1-2H3,(H,27,28)(H2,23,25,26);1H. The lowest BCUT2D eigenvalue weighted by Crippen LogP contribution is -2.40. The average molecular weight is 523 g/mol. The Morgan fingerprint density at radius 3 is 2.80 bits per heavy atom. The Hall–Kier alpha value is -2.36. The number of para-hydroxylation sites is 1. The lowest BCUT2D eigenvalue weighted by atomic mass is 9.90. The molecule has 1 aromatic carbocycles. The highest BCUT2D eigenvalue weighted by atomic mass is 127. The van der Waals surface area contributed by atoms with E-state index in [2.05, 4.69) is 38.9 Å². The van der Waals surface area contributed by atoms with Gasteiger partial charge in [-0.3, -0.25) is 4.79 Å². The van der Waals surface area contributed by atoms with Crippen LogP contribution in [0.1, 0.15) is 43.7 Å². The zero-order valence-corrected chi connectivity index (χ0v) is 19.8. The van der Waals surface area contributed by atoms with E-state index >= 15 is 0 Å². The van der Waals surface area contributed by atoms with Crippen molar-refractivity contribution in [1.29, 1.82) is 0 Å². The largest absolute Gasteiger partial charge is 0.478 e. The Bertz CT molecular complexity index is 842. The van der Waals surface area contributed by atoms with Crippen LogP contribution in [0.4, 0.5) is 5.69 Å². The summed E-state index contributed by atoms with van der Waals surface area (Å²) in [5.74, 6) is 1.52. The number of benzene rings is 1. The van der Waals surface area contributed by atoms with Gasteiger partial charge in [0, 0.05) is 43.4 Å². The SMILES string of the molecule is CCCOc1ccc(CN=C(NCC)NCC2CC(=O)Nc3ccccc32)cn1.I. The molecule has 2 heterocycles. The topological polar surface area (TPSA) is 87.6 Å². The Balaban J connectivity index is 0.00000320. The Kier molecular flexibility index (Phi) is 9.85. The van der Waals surface area contributed by atoms with Crippen LogP contribution in [-0.2, 0) is 11.3 Å². The molecule has 8 heteroatoms. The van der Waals surface area contributed by atoms with E-state index in [0.717, 1.165) is 35.7 Å². The molecule has 1 aromatic heterocycles. The van der Waals surface area contributed by atoms with Crippen molar-refractivity contribution in [2.45, 2.75) is 39.2 Å². The normalized spacial score (nSPS) is 15.5. The number of pyridine rings is 1. The van der Waals surface area contributed by atoms with Crippen molar-refractivity contribution in [2.75, 3.05) is 25.0 Å². The summed E-state index contributed by atoms with van der Waals surface area (Å²) in [6.45, 7) is 6.67. The van der Waals surface area contributed by atoms with E-state index < -0.39 is 0 Å². The summed E-state index contributed by atoms with van der Waals surface area (Å²) >= 11 is 0. The molecule has 7 nitrogen and oxygen atoms in total. The second kappa shape index (κ2) is 12.4. The number of hydrogen-bond donors (Lipinski definition) is 3. The maximum Gasteiger partial charge on any atom is 0.225 e. The molecule has 0 bridgehead atoms. The molecular formula is C22H30IN5O2. The molecule has 30 heavy (non-hydrogen) atoms.